The lowest BCUT2D eigenvalue weighted by Crippen LogP contribution is -2.30. The number of hydrogen-bond donors (Lipinski definition) is 3. The minimum Gasteiger partial charge on any atom is -0.606 e. The summed E-state index contributed by atoms with van der Waals surface area (Å²) in [4.78, 5) is 31.6. The van der Waals surface area contributed by atoms with Crippen LogP contribution in [0.15, 0.2) is 82.7 Å². The summed E-state index contributed by atoms with van der Waals surface area (Å²) in [6.45, 7) is -0.295. The van der Waals surface area contributed by atoms with Crippen LogP contribution in [0.4, 0.5) is 18.9 Å². The molecule has 0 aliphatic carbocycles. The fourth-order valence-electron chi connectivity index (χ4n) is 4.16. The Kier molecular flexibility index (Phi) is 9.12. The third-order valence-corrected chi connectivity index (χ3v) is 8.75. The normalized spacial score (nSPS) is 14.4. The van der Waals surface area contributed by atoms with E-state index in [1.165, 1.54) is 17.4 Å². The molecule has 0 fully saturated rings. The van der Waals surface area contributed by atoms with Crippen molar-refractivity contribution in [1.29, 1.82) is 0 Å². The maximum atomic E-state index is 13.1. The molecule has 3 N–H and O–H groups in total. The number of alkyl halides is 3. The van der Waals surface area contributed by atoms with Gasteiger partial charge in [-0.15, -0.1) is 11.3 Å². The Labute approximate surface area is 246 Å². The zero-order valence-corrected chi connectivity index (χ0v) is 23.6. The van der Waals surface area contributed by atoms with Crippen LogP contribution in [0.2, 0.25) is 0 Å². The number of ether oxygens (including phenoxy) is 1. The molecule has 4 aromatic rings. The van der Waals surface area contributed by atoms with E-state index in [9.17, 15) is 27.3 Å². The number of rotatable bonds is 10. The summed E-state index contributed by atoms with van der Waals surface area (Å²) >= 11 is -0.160. The van der Waals surface area contributed by atoms with Gasteiger partial charge in [0, 0.05) is 33.4 Å². The topological polar surface area (TPSA) is 115 Å². The molecule has 8 nitrogen and oxygen atoms in total. The van der Waals surface area contributed by atoms with Crippen LogP contribution in [0.3, 0.4) is 0 Å². The van der Waals surface area contributed by atoms with Crippen molar-refractivity contribution < 1.29 is 32.0 Å². The highest BCUT2D eigenvalue weighted by molar-refractivity contribution is 7.91. The Balaban J connectivity index is 1.13. The number of nitrogens with one attached hydrogen (secondary N) is 3. The summed E-state index contributed by atoms with van der Waals surface area (Å²) < 4.78 is 55.1. The van der Waals surface area contributed by atoms with Gasteiger partial charge in [0.1, 0.15) is 10.8 Å². The monoisotopic (exact) mass is 614 g/mol. The van der Waals surface area contributed by atoms with Gasteiger partial charge in [-0.2, -0.15) is 13.2 Å². The number of benzene rings is 3. The number of halogens is 3. The van der Waals surface area contributed by atoms with E-state index in [1.807, 2.05) is 12.1 Å². The van der Waals surface area contributed by atoms with Crippen LogP contribution in [-0.4, -0.2) is 47.2 Å². The van der Waals surface area contributed by atoms with E-state index in [1.54, 1.807) is 54.7 Å². The maximum Gasteiger partial charge on any atom is 0.401 e. The van der Waals surface area contributed by atoms with Gasteiger partial charge in [-0.05, 0) is 67.6 Å². The number of hydrogen-bond acceptors (Lipinski definition) is 7. The molecule has 42 heavy (non-hydrogen) atoms. The van der Waals surface area contributed by atoms with Gasteiger partial charge < -0.3 is 25.2 Å². The number of carbonyl (C=O) groups excluding carboxylic acids is 2. The lowest BCUT2D eigenvalue weighted by Gasteiger charge is -2.12. The Morgan fingerprint density at radius 3 is 2.64 bits per heavy atom. The average molecular weight is 615 g/mol. The summed E-state index contributed by atoms with van der Waals surface area (Å²) in [5.74, 6) is -0.142. The van der Waals surface area contributed by atoms with Crippen molar-refractivity contribution in [2.45, 2.75) is 28.9 Å². The summed E-state index contributed by atoms with van der Waals surface area (Å²) in [6, 6.07) is 18.6. The summed E-state index contributed by atoms with van der Waals surface area (Å²) in [5.41, 5.74) is 1.82. The van der Waals surface area contributed by atoms with E-state index < -0.39 is 23.9 Å². The molecular weight excluding hydrogens is 589 g/mol. The highest BCUT2D eigenvalue weighted by Crippen LogP contribution is 2.34. The fraction of sp³-hybridized carbons (Fsp3) is 0.207. The largest absolute Gasteiger partial charge is 0.606 e. The highest BCUT2D eigenvalue weighted by Gasteiger charge is 2.31. The van der Waals surface area contributed by atoms with Gasteiger partial charge in [-0.25, -0.2) is 4.98 Å². The summed E-state index contributed by atoms with van der Waals surface area (Å²) in [6.07, 6.45) is -2.11. The first-order chi connectivity index (χ1) is 20.2. The van der Waals surface area contributed by atoms with Gasteiger partial charge in [-0.1, -0.05) is 12.1 Å². The zero-order chi connectivity index (χ0) is 29.7. The second-order valence-electron chi connectivity index (χ2n) is 9.26. The van der Waals surface area contributed by atoms with Crippen LogP contribution < -0.4 is 20.7 Å². The van der Waals surface area contributed by atoms with Crippen LogP contribution in [0.1, 0.15) is 32.0 Å². The van der Waals surface area contributed by atoms with Gasteiger partial charge in [0.25, 0.3) is 11.8 Å². The predicted molar refractivity (Wildman–Crippen MR) is 153 cm³/mol. The SMILES string of the molecule is O=C(NCc1cnc(-c2ccc(OCCCNCC(F)(F)F)cc2)s1)c1ccc2c(c1)NC(=O)c1ccccc1[S+]2[O-]. The van der Waals surface area contributed by atoms with Gasteiger partial charge in [0.2, 0.25) is 0 Å². The molecule has 2 heterocycles. The molecule has 3 aromatic carbocycles. The van der Waals surface area contributed by atoms with Crippen LogP contribution in [-0.2, 0) is 17.7 Å². The molecule has 0 bridgehead atoms. The molecule has 0 saturated carbocycles. The smallest absolute Gasteiger partial charge is 0.401 e. The molecule has 1 aromatic heterocycles. The fourth-order valence-corrected chi connectivity index (χ4v) is 6.32. The second-order valence-corrected chi connectivity index (χ2v) is 11.8. The average Bonchev–Trinajstić information content (AvgIpc) is 3.42. The molecule has 1 unspecified atom stereocenters. The molecule has 13 heteroatoms. The standard InChI is InChI=1S/C29H25F3N4O4S2/c30-29(31,32)17-33-12-3-13-40-20-9-6-18(7-10-20)28-35-16-21(41-28)15-34-26(37)19-8-11-25-23(14-19)36-27(38)22-4-1-2-5-24(22)42(25)39/h1-2,4-11,14,16,33H,3,12-13,15,17H2,(H,34,37)(H,36,38). The van der Waals surface area contributed by atoms with Crippen molar-refractivity contribution in [2.75, 3.05) is 25.0 Å². The molecule has 1 aliphatic rings. The molecule has 0 radical (unpaired) electrons. The third kappa shape index (κ3) is 7.29. The van der Waals surface area contributed by atoms with Crippen molar-refractivity contribution in [3.63, 3.8) is 0 Å². The van der Waals surface area contributed by atoms with Crippen LogP contribution in [0, 0.1) is 0 Å². The second kappa shape index (κ2) is 12.9. The molecule has 2 amide bonds. The summed E-state index contributed by atoms with van der Waals surface area (Å²) in [7, 11) is 0. The third-order valence-electron chi connectivity index (χ3n) is 6.19. The number of fused-ring (bicyclic) bond motifs is 2. The van der Waals surface area contributed by atoms with Gasteiger partial charge in [0.15, 0.2) is 9.79 Å². The molecule has 0 spiro atoms. The minimum absolute atomic E-state index is 0.203. The number of carbonyl (C=O) groups is 2. The molecule has 1 aliphatic heterocycles. The van der Waals surface area contributed by atoms with E-state index >= 15 is 0 Å². The molecule has 1 atom stereocenters. The Bertz CT molecular complexity index is 1580. The van der Waals surface area contributed by atoms with E-state index in [-0.39, 0.29) is 31.5 Å². The van der Waals surface area contributed by atoms with Gasteiger partial charge in [0.05, 0.1) is 30.9 Å². The van der Waals surface area contributed by atoms with Crippen LogP contribution in [0.5, 0.6) is 5.75 Å². The van der Waals surface area contributed by atoms with E-state index in [2.05, 4.69) is 20.9 Å². The van der Waals surface area contributed by atoms with Crippen molar-refractivity contribution in [3.8, 4) is 16.3 Å². The molecule has 218 valence electrons. The zero-order valence-electron chi connectivity index (χ0n) is 22.0. The van der Waals surface area contributed by atoms with Crippen molar-refractivity contribution in [1.82, 2.24) is 15.6 Å². The van der Waals surface area contributed by atoms with Gasteiger partial charge in [-0.3, -0.25) is 9.59 Å². The van der Waals surface area contributed by atoms with Crippen molar-refractivity contribution in [3.05, 3.63) is 88.9 Å². The first-order valence-electron chi connectivity index (χ1n) is 12.9. The Morgan fingerprint density at radius 2 is 1.86 bits per heavy atom. The molecule has 0 saturated heterocycles. The van der Waals surface area contributed by atoms with Crippen molar-refractivity contribution >= 4 is 40.0 Å². The number of aromatic nitrogens is 1. The quantitative estimate of drug-likeness (QED) is 0.163. The Hall–Kier alpha value is -3.91. The summed E-state index contributed by atoms with van der Waals surface area (Å²) in [5, 5.41) is 8.69. The predicted octanol–water partition coefficient (Wildman–Crippen LogP) is 5.39. The number of anilines is 1. The molecule has 5 rings (SSSR count). The van der Waals surface area contributed by atoms with E-state index in [4.69, 9.17) is 4.74 Å². The number of thiazole rings is 1. The lowest BCUT2D eigenvalue weighted by molar-refractivity contribution is -0.124. The first-order valence-corrected chi connectivity index (χ1v) is 14.8. The number of nitrogens with zero attached hydrogens (tertiary/aromatic N) is 1. The van der Waals surface area contributed by atoms with Crippen LogP contribution in [0.25, 0.3) is 10.6 Å². The van der Waals surface area contributed by atoms with E-state index in [0.717, 1.165) is 15.4 Å². The minimum atomic E-state index is -4.22. The molecular formula is C29H25F3N4O4S2. The van der Waals surface area contributed by atoms with Crippen LogP contribution >= 0.6 is 11.3 Å². The number of amides is 2. The Morgan fingerprint density at radius 1 is 1.07 bits per heavy atom. The van der Waals surface area contributed by atoms with Crippen molar-refractivity contribution in [2.24, 2.45) is 0 Å². The first kappa shape index (κ1) is 29.6. The van der Waals surface area contributed by atoms with E-state index in [0.29, 0.717) is 38.8 Å². The highest BCUT2D eigenvalue weighted by atomic mass is 32.2. The maximum absolute atomic E-state index is 13.1. The van der Waals surface area contributed by atoms with Gasteiger partial charge >= 0.3 is 6.18 Å². The lowest BCUT2D eigenvalue weighted by atomic mass is 10.1.